The van der Waals surface area contributed by atoms with Crippen molar-refractivity contribution in [2.45, 2.75) is 20.8 Å². The maximum Gasteiger partial charge on any atom is 0.352 e. The number of anilines is 1. The first-order valence-corrected chi connectivity index (χ1v) is 6.37. The van der Waals surface area contributed by atoms with Crippen LogP contribution in [0.1, 0.15) is 23.1 Å². The first-order chi connectivity index (χ1) is 10.3. The Balaban J connectivity index is 0.000000164. The molecule has 0 unspecified atom stereocenters. The monoisotopic (exact) mass is 304 g/mol. The molecule has 3 aromatic heterocycles. The lowest BCUT2D eigenvalue weighted by molar-refractivity contribution is 0.0939. The number of nitrogens with two attached hydrogens (primary N) is 1. The molecule has 0 atom stereocenters. The molecule has 0 fully saturated rings. The predicted octanol–water partition coefficient (Wildman–Crippen LogP) is -0.435. The van der Waals surface area contributed by atoms with Gasteiger partial charge in [0.15, 0.2) is 5.65 Å². The molecular weight excluding hydrogens is 288 g/mol. The minimum absolute atomic E-state index is 0.113. The molecule has 10 nitrogen and oxygen atoms in total. The van der Waals surface area contributed by atoms with Crippen LogP contribution in [-0.4, -0.2) is 39.8 Å². The maximum absolute atomic E-state index is 11.3. The predicted molar refractivity (Wildman–Crippen MR) is 78.4 cm³/mol. The zero-order valence-corrected chi connectivity index (χ0v) is 12.7. The molecule has 3 aromatic rings. The Kier molecular flexibility index (Phi) is 4.02. The summed E-state index contributed by atoms with van der Waals surface area (Å²) in [6, 6.07) is 0. The van der Waals surface area contributed by atoms with Crippen molar-refractivity contribution in [3.8, 4) is 0 Å². The Bertz CT molecular complexity index is 888. The third-order valence-corrected chi connectivity index (χ3v) is 3.01. The molecule has 3 heterocycles. The minimum atomic E-state index is -0.236. The highest BCUT2D eigenvalue weighted by molar-refractivity contribution is 5.79. The quantitative estimate of drug-likeness (QED) is 0.597. The van der Waals surface area contributed by atoms with Crippen LogP contribution in [0.2, 0.25) is 0 Å². The highest BCUT2D eigenvalue weighted by Gasteiger charge is 2.05. The van der Waals surface area contributed by atoms with Crippen molar-refractivity contribution in [1.29, 1.82) is 0 Å². The fourth-order valence-electron chi connectivity index (χ4n) is 1.69. The minimum Gasteiger partial charge on any atom is -0.383 e. The molecule has 116 valence electrons. The fourth-order valence-corrected chi connectivity index (χ4v) is 1.69. The van der Waals surface area contributed by atoms with Crippen molar-refractivity contribution in [2.75, 3.05) is 5.73 Å². The largest absolute Gasteiger partial charge is 0.383 e. The van der Waals surface area contributed by atoms with E-state index >= 15 is 0 Å². The zero-order valence-electron chi connectivity index (χ0n) is 12.7. The molecule has 3 rings (SSSR count). The number of hydrogen-bond donors (Lipinski definition) is 1. The van der Waals surface area contributed by atoms with E-state index in [4.69, 9.17) is 5.73 Å². The van der Waals surface area contributed by atoms with Gasteiger partial charge in [0.05, 0.1) is 11.4 Å². The van der Waals surface area contributed by atoms with E-state index in [1.54, 1.807) is 20.9 Å². The van der Waals surface area contributed by atoms with E-state index in [1.807, 2.05) is 0 Å². The molecule has 10 heteroatoms. The number of nitrogen functional groups attached to an aromatic ring is 1. The third-order valence-electron chi connectivity index (χ3n) is 3.01. The van der Waals surface area contributed by atoms with E-state index < -0.39 is 0 Å². The van der Waals surface area contributed by atoms with Crippen LogP contribution < -0.4 is 11.4 Å². The highest BCUT2D eigenvalue weighted by atomic mass is 16.2. The smallest absolute Gasteiger partial charge is 0.352 e. The number of fused-ring (bicyclic) bond motifs is 1. The summed E-state index contributed by atoms with van der Waals surface area (Å²) >= 11 is 0. The molecular formula is C12H16N8O2. The highest BCUT2D eigenvalue weighted by Crippen LogP contribution is 2.06. The Hall–Kier alpha value is -3.04. The van der Waals surface area contributed by atoms with Gasteiger partial charge in [0.2, 0.25) is 5.91 Å². The van der Waals surface area contributed by atoms with E-state index in [0.717, 1.165) is 4.68 Å². The summed E-state index contributed by atoms with van der Waals surface area (Å²) < 4.78 is 3.84. The second-order valence-electron chi connectivity index (χ2n) is 4.62. The van der Waals surface area contributed by atoms with Crippen LogP contribution in [0.25, 0.3) is 5.65 Å². The second-order valence-corrected chi connectivity index (χ2v) is 4.62. The van der Waals surface area contributed by atoms with Gasteiger partial charge < -0.3 is 5.73 Å². The van der Waals surface area contributed by atoms with Gasteiger partial charge in [-0.25, -0.2) is 19.2 Å². The average Bonchev–Trinajstić information content (AvgIpc) is 3.00. The number of carbonyl (C=O) groups is 1. The van der Waals surface area contributed by atoms with Gasteiger partial charge in [-0.2, -0.15) is 4.68 Å². The molecule has 0 aliphatic heterocycles. The van der Waals surface area contributed by atoms with Crippen molar-refractivity contribution >= 4 is 17.4 Å². The molecule has 0 aliphatic rings. The SMILES string of the molecule is CC(=O)n1cnc(C)c1N.Cc1ncn2c(=O)n(C)nnc12. The Morgan fingerprint density at radius 3 is 2.32 bits per heavy atom. The molecule has 0 aliphatic carbocycles. The molecule has 0 saturated carbocycles. The van der Waals surface area contributed by atoms with Gasteiger partial charge in [0.25, 0.3) is 0 Å². The maximum atomic E-state index is 11.3. The average molecular weight is 304 g/mol. The summed E-state index contributed by atoms with van der Waals surface area (Å²) in [6.45, 7) is 4.98. The summed E-state index contributed by atoms with van der Waals surface area (Å²) in [5.74, 6) is 0.311. The summed E-state index contributed by atoms with van der Waals surface area (Å²) in [4.78, 5) is 29.8. The van der Waals surface area contributed by atoms with Crippen molar-refractivity contribution in [2.24, 2.45) is 7.05 Å². The van der Waals surface area contributed by atoms with Crippen LogP contribution >= 0.6 is 0 Å². The van der Waals surface area contributed by atoms with E-state index in [9.17, 15) is 9.59 Å². The van der Waals surface area contributed by atoms with E-state index in [2.05, 4.69) is 20.3 Å². The Morgan fingerprint density at radius 2 is 1.82 bits per heavy atom. The number of carbonyl (C=O) groups excluding carboxylic acids is 1. The zero-order chi connectivity index (χ0) is 16.4. The molecule has 22 heavy (non-hydrogen) atoms. The number of imidazole rings is 2. The number of rotatable bonds is 0. The lowest BCUT2D eigenvalue weighted by Gasteiger charge is -1.96. The van der Waals surface area contributed by atoms with Gasteiger partial charge in [0, 0.05) is 14.0 Å². The molecule has 2 N–H and O–H groups in total. The van der Waals surface area contributed by atoms with Crippen LogP contribution in [0.5, 0.6) is 0 Å². The molecule has 0 spiro atoms. The first kappa shape index (κ1) is 15.4. The summed E-state index contributed by atoms with van der Waals surface area (Å²) in [6.07, 6.45) is 2.87. The summed E-state index contributed by atoms with van der Waals surface area (Å²) in [5.41, 5.74) is 7.16. The summed E-state index contributed by atoms with van der Waals surface area (Å²) in [5, 5.41) is 7.45. The second kappa shape index (κ2) is 5.76. The van der Waals surface area contributed by atoms with Crippen molar-refractivity contribution in [3.05, 3.63) is 34.5 Å². The summed E-state index contributed by atoms with van der Waals surface area (Å²) in [7, 11) is 1.55. The molecule has 0 aromatic carbocycles. The van der Waals surface area contributed by atoms with Gasteiger partial charge in [-0.05, 0) is 13.8 Å². The van der Waals surface area contributed by atoms with Gasteiger partial charge in [-0.3, -0.25) is 9.36 Å². The number of nitrogens with zero attached hydrogens (tertiary/aromatic N) is 7. The fraction of sp³-hybridized carbons (Fsp3) is 0.333. The lowest BCUT2D eigenvalue weighted by Crippen LogP contribution is -2.26. The van der Waals surface area contributed by atoms with Crippen molar-refractivity contribution < 1.29 is 4.79 Å². The molecule has 0 saturated heterocycles. The van der Waals surface area contributed by atoms with Crippen molar-refractivity contribution in [3.63, 3.8) is 0 Å². The van der Waals surface area contributed by atoms with Crippen LogP contribution in [0, 0.1) is 13.8 Å². The van der Waals surface area contributed by atoms with Gasteiger partial charge in [0.1, 0.15) is 18.5 Å². The number of hydrogen-bond acceptors (Lipinski definition) is 7. The van der Waals surface area contributed by atoms with Gasteiger partial charge in [-0.1, -0.05) is 5.21 Å². The van der Waals surface area contributed by atoms with Crippen LogP contribution in [-0.2, 0) is 7.05 Å². The normalized spacial score (nSPS) is 10.4. The Labute approximate surface area is 125 Å². The third kappa shape index (κ3) is 2.71. The lowest BCUT2D eigenvalue weighted by atomic mass is 10.5. The van der Waals surface area contributed by atoms with Crippen LogP contribution in [0.4, 0.5) is 5.82 Å². The van der Waals surface area contributed by atoms with E-state index in [0.29, 0.717) is 22.9 Å². The van der Waals surface area contributed by atoms with E-state index in [1.165, 1.54) is 28.5 Å². The van der Waals surface area contributed by atoms with Crippen LogP contribution in [0.3, 0.4) is 0 Å². The number of aromatic nitrogens is 7. The topological polar surface area (TPSA) is 126 Å². The molecule has 0 amide bonds. The van der Waals surface area contributed by atoms with Crippen molar-refractivity contribution in [1.82, 2.24) is 33.9 Å². The van der Waals surface area contributed by atoms with Gasteiger partial charge in [-0.15, -0.1) is 5.10 Å². The molecule has 0 bridgehead atoms. The Morgan fingerprint density at radius 1 is 1.18 bits per heavy atom. The van der Waals surface area contributed by atoms with Crippen LogP contribution in [0.15, 0.2) is 17.4 Å². The standard InChI is InChI=1S/C6H7N5O.C6H9N3O/c1-4-5-8-9-10(2)6(12)11(5)3-7-4;1-4-6(7)9(3-8-4)5(2)10/h3H,1-2H3;3H,7H2,1-2H3. The first-order valence-electron chi connectivity index (χ1n) is 6.37. The molecule has 0 radical (unpaired) electrons. The number of aryl methyl sites for hydroxylation is 3. The van der Waals surface area contributed by atoms with E-state index in [-0.39, 0.29) is 11.6 Å². The van der Waals surface area contributed by atoms with Gasteiger partial charge >= 0.3 is 5.69 Å².